The lowest BCUT2D eigenvalue weighted by atomic mass is 10.2. The maximum atomic E-state index is 13.3. The Labute approximate surface area is 128 Å². The van der Waals surface area contributed by atoms with Gasteiger partial charge in [-0.1, -0.05) is 13.8 Å². The number of amides is 2. The normalized spacial score (nSPS) is 12.3. The maximum Gasteiger partial charge on any atom is 0.315 e. The number of urea groups is 1. The molecule has 2 amide bonds. The van der Waals surface area contributed by atoms with Crippen LogP contribution in [0.5, 0.6) is 0 Å². The first kappa shape index (κ1) is 18.3. The molecule has 0 aliphatic heterocycles. The molecule has 0 saturated carbocycles. The number of benzene rings is 1. The minimum atomic E-state index is -0.824. The Balaban J connectivity index is 2.24. The monoisotopic (exact) mass is 316 g/mol. The van der Waals surface area contributed by atoms with Crippen LogP contribution in [-0.4, -0.2) is 37.0 Å². The van der Waals surface area contributed by atoms with E-state index in [0.29, 0.717) is 12.5 Å². The lowest BCUT2D eigenvalue weighted by molar-refractivity contribution is 0.0272. The number of halogens is 2. The molecule has 0 saturated heterocycles. The lowest BCUT2D eigenvalue weighted by Crippen LogP contribution is -2.40. The van der Waals surface area contributed by atoms with Gasteiger partial charge in [0.1, 0.15) is 11.6 Å². The largest absolute Gasteiger partial charge is 0.389 e. The average Bonchev–Trinajstić information content (AvgIpc) is 2.45. The summed E-state index contributed by atoms with van der Waals surface area (Å²) in [5, 5.41) is 14.4. The smallest absolute Gasteiger partial charge is 0.315 e. The molecule has 1 aromatic rings. The third kappa shape index (κ3) is 7.33. The number of hydrogen-bond donors (Lipinski definition) is 3. The second kappa shape index (κ2) is 9.32. The zero-order chi connectivity index (χ0) is 16.5. The Morgan fingerprint density at radius 2 is 2.00 bits per heavy atom. The predicted molar refractivity (Wildman–Crippen MR) is 78.3 cm³/mol. The molecule has 7 heteroatoms. The third-order valence-electron chi connectivity index (χ3n) is 2.71. The topological polar surface area (TPSA) is 70.6 Å². The number of carbonyl (C=O) groups is 1. The van der Waals surface area contributed by atoms with Gasteiger partial charge in [-0.2, -0.15) is 0 Å². The van der Waals surface area contributed by atoms with Crippen LogP contribution in [0.25, 0.3) is 0 Å². The fourth-order valence-electron chi connectivity index (χ4n) is 1.63. The molecule has 0 aromatic heterocycles. The quantitative estimate of drug-likeness (QED) is 0.685. The molecule has 0 spiro atoms. The van der Waals surface area contributed by atoms with Crippen molar-refractivity contribution in [1.82, 2.24) is 10.6 Å². The van der Waals surface area contributed by atoms with Crippen LogP contribution in [0, 0.1) is 17.6 Å². The first-order valence-corrected chi connectivity index (χ1v) is 7.10. The molecule has 3 N–H and O–H groups in total. The Bertz CT molecular complexity index is 484. The molecule has 124 valence electrons. The number of aliphatic hydroxyl groups is 1. The average molecular weight is 316 g/mol. The van der Waals surface area contributed by atoms with Crippen molar-refractivity contribution in [3.8, 4) is 0 Å². The van der Waals surface area contributed by atoms with Gasteiger partial charge in [-0.3, -0.25) is 0 Å². The van der Waals surface area contributed by atoms with E-state index in [2.05, 4.69) is 10.6 Å². The van der Waals surface area contributed by atoms with Gasteiger partial charge < -0.3 is 20.5 Å². The molecule has 1 unspecified atom stereocenters. The zero-order valence-electron chi connectivity index (χ0n) is 12.7. The van der Waals surface area contributed by atoms with Crippen molar-refractivity contribution >= 4 is 6.03 Å². The molecule has 22 heavy (non-hydrogen) atoms. The number of carbonyl (C=O) groups excluding carboxylic acids is 1. The fourth-order valence-corrected chi connectivity index (χ4v) is 1.63. The molecule has 0 heterocycles. The summed E-state index contributed by atoms with van der Waals surface area (Å²) < 4.78 is 31.5. The fraction of sp³-hybridized carbons (Fsp3) is 0.533. The lowest BCUT2D eigenvalue weighted by Gasteiger charge is -2.14. The van der Waals surface area contributed by atoms with E-state index in [0.717, 1.165) is 18.2 Å². The van der Waals surface area contributed by atoms with E-state index in [1.807, 2.05) is 13.8 Å². The summed E-state index contributed by atoms with van der Waals surface area (Å²) in [5.74, 6) is -0.801. The number of ether oxygens (including phenoxy) is 1. The first-order valence-electron chi connectivity index (χ1n) is 7.10. The van der Waals surface area contributed by atoms with Gasteiger partial charge >= 0.3 is 6.03 Å². The van der Waals surface area contributed by atoms with Crippen molar-refractivity contribution in [3.63, 3.8) is 0 Å². The van der Waals surface area contributed by atoms with Crippen molar-refractivity contribution in [1.29, 1.82) is 0 Å². The van der Waals surface area contributed by atoms with Gasteiger partial charge in [0.2, 0.25) is 0 Å². The standard InChI is InChI=1S/C15H22F2N2O3/c1-10(2)8-22-9-13(20)7-19-15(21)18-6-11-5-12(16)3-4-14(11)17/h3-5,10,13,20H,6-9H2,1-2H3,(H2,18,19,21). The summed E-state index contributed by atoms with van der Waals surface area (Å²) in [4.78, 5) is 11.5. The Kier molecular flexibility index (Phi) is 7.76. The second-order valence-electron chi connectivity index (χ2n) is 5.38. The van der Waals surface area contributed by atoms with E-state index in [1.165, 1.54) is 0 Å². The summed E-state index contributed by atoms with van der Waals surface area (Å²) in [5.41, 5.74) is 0.0518. The maximum absolute atomic E-state index is 13.3. The number of nitrogens with one attached hydrogen (secondary N) is 2. The molecule has 0 bridgehead atoms. The molecule has 0 fully saturated rings. The highest BCUT2D eigenvalue weighted by Gasteiger charge is 2.09. The van der Waals surface area contributed by atoms with Gasteiger partial charge in [-0.25, -0.2) is 13.6 Å². The number of rotatable bonds is 8. The van der Waals surface area contributed by atoms with Gasteiger partial charge in [0.15, 0.2) is 0 Å². The van der Waals surface area contributed by atoms with Gasteiger partial charge in [0.05, 0.1) is 12.7 Å². The van der Waals surface area contributed by atoms with Crippen molar-refractivity contribution in [2.24, 2.45) is 5.92 Å². The molecule has 1 rings (SSSR count). The van der Waals surface area contributed by atoms with E-state index in [9.17, 15) is 18.7 Å². The molecular formula is C15H22F2N2O3. The molecule has 0 aliphatic rings. The van der Waals surface area contributed by atoms with Crippen LogP contribution in [0.2, 0.25) is 0 Å². The summed E-state index contributed by atoms with van der Waals surface area (Å²) in [6.45, 7) is 4.50. The molecular weight excluding hydrogens is 294 g/mol. The highest BCUT2D eigenvalue weighted by atomic mass is 19.1. The molecule has 0 radical (unpaired) electrons. The summed E-state index contributed by atoms with van der Waals surface area (Å²) in [6.07, 6.45) is -0.824. The van der Waals surface area contributed by atoms with Crippen molar-refractivity contribution in [2.75, 3.05) is 19.8 Å². The van der Waals surface area contributed by atoms with Crippen LogP contribution in [0.15, 0.2) is 18.2 Å². The summed E-state index contributed by atoms with van der Waals surface area (Å²) in [6, 6.07) is 2.45. The second-order valence-corrected chi connectivity index (χ2v) is 5.38. The molecule has 5 nitrogen and oxygen atoms in total. The van der Waals surface area contributed by atoms with E-state index in [1.54, 1.807) is 0 Å². The third-order valence-corrected chi connectivity index (χ3v) is 2.71. The van der Waals surface area contributed by atoms with E-state index < -0.39 is 23.8 Å². The predicted octanol–water partition coefficient (Wildman–Crippen LogP) is 1.80. The minimum Gasteiger partial charge on any atom is -0.389 e. The Morgan fingerprint density at radius 1 is 1.27 bits per heavy atom. The first-order chi connectivity index (χ1) is 10.4. The number of hydrogen-bond acceptors (Lipinski definition) is 3. The van der Waals surface area contributed by atoms with Gasteiger partial charge in [-0.15, -0.1) is 0 Å². The Morgan fingerprint density at radius 3 is 2.68 bits per heavy atom. The van der Waals surface area contributed by atoms with Crippen molar-refractivity contribution in [2.45, 2.75) is 26.5 Å². The van der Waals surface area contributed by atoms with E-state index >= 15 is 0 Å². The Hall–Kier alpha value is -1.73. The van der Waals surface area contributed by atoms with Crippen LogP contribution < -0.4 is 10.6 Å². The SMILES string of the molecule is CC(C)COCC(O)CNC(=O)NCc1cc(F)ccc1F. The van der Waals surface area contributed by atoms with Crippen molar-refractivity contribution < 1.29 is 23.4 Å². The van der Waals surface area contributed by atoms with E-state index in [-0.39, 0.29) is 25.3 Å². The van der Waals surface area contributed by atoms with Crippen LogP contribution in [0.4, 0.5) is 13.6 Å². The van der Waals surface area contributed by atoms with Crippen LogP contribution in [-0.2, 0) is 11.3 Å². The highest BCUT2D eigenvalue weighted by molar-refractivity contribution is 5.73. The number of aliphatic hydroxyl groups excluding tert-OH is 1. The van der Waals surface area contributed by atoms with Gasteiger partial charge in [-0.05, 0) is 24.1 Å². The summed E-state index contributed by atoms with van der Waals surface area (Å²) >= 11 is 0. The summed E-state index contributed by atoms with van der Waals surface area (Å²) in [7, 11) is 0. The van der Waals surface area contributed by atoms with Crippen molar-refractivity contribution in [3.05, 3.63) is 35.4 Å². The van der Waals surface area contributed by atoms with Crippen LogP contribution in [0.3, 0.4) is 0 Å². The highest BCUT2D eigenvalue weighted by Crippen LogP contribution is 2.08. The van der Waals surface area contributed by atoms with Crippen LogP contribution in [0.1, 0.15) is 19.4 Å². The molecule has 1 atom stereocenters. The minimum absolute atomic E-state index is 0.00949. The zero-order valence-corrected chi connectivity index (χ0v) is 12.7. The van der Waals surface area contributed by atoms with Gasteiger partial charge in [0.25, 0.3) is 0 Å². The van der Waals surface area contributed by atoms with Gasteiger partial charge in [0, 0.05) is 25.3 Å². The molecule has 0 aliphatic carbocycles. The van der Waals surface area contributed by atoms with E-state index in [4.69, 9.17) is 4.74 Å². The van der Waals surface area contributed by atoms with Crippen LogP contribution >= 0.6 is 0 Å². The molecule has 1 aromatic carbocycles.